The van der Waals surface area contributed by atoms with Crippen molar-refractivity contribution in [3.63, 3.8) is 0 Å². The van der Waals surface area contributed by atoms with E-state index in [0.717, 1.165) is 28.0 Å². The number of amides is 1. The lowest BCUT2D eigenvalue weighted by atomic mass is 9.99. The van der Waals surface area contributed by atoms with Gasteiger partial charge in [-0.3, -0.25) is 4.79 Å². The molecule has 8 heteroatoms. The van der Waals surface area contributed by atoms with Gasteiger partial charge in [0.25, 0.3) is 5.91 Å². The predicted molar refractivity (Wildman–Crippen MR) is 146 cm³/mol. The molecule has 36 heavy (non-hydrogen) atoms. The number of pyridine rings is 1. The number of carbonyl (C=O) groups excluding carboxylic acids is 1. The zero-order valence-corrected chi connectivity index (χ0v) is 21.0. The van der Waals surface area contributed by atoms with Crippen LogP contribution in [0, 0.1) is 12.7 Å². The summed E-state index contributed by atoms with van der Waals surface area (Å²) in [5, 5.41) is 4.12. The highest BCUT2D eigenvalue weighted by Gasteiger charge is 2.22. The molecular weight excluding hydrogens is 497 g/mol. The standard InChI is InChI=1S/C28H21ClFN3O2S/c1-15-21(29)4-3-5-22(15)32-27(34)26-25(31)24-20(16-6-10-18(30)11-7-16)14-23(33-28(24)36-26)17-8-12-19(35-2)13-9-17/h3-14H,31H2,1-2H3,(H,32,34). The fraction of sp³-hybridized carbons (Fsp3) is 0.0714. The first-order valence-electron chi connectivity index (χ1n) is 11.1. The van der Waals surface area contributed by atoms with Crippen LogP contribution in [-0.2, 0) is 0 Å². The van der Waals surface area contributed by atoms with Crippen LogP contribution in [0.5, 0.6) is 5.75 Å². The minimum atomic E-state index is -0.350. The zero-order valence-electron chi connectivity index (χ0n) is 19.4. The predicted octanol–water partition coefficient (Wildman–Crippen LogP) is 7.57. The molecule has 0 atom stereocenters. The highest BCUT2D eigenvalue weighted by Crippen LogP contribution is 2.42. The molecule has 2 aromatic heterocycles. The van der Waals surface area contributed by atoms with Gasteiger partial charge in [0.1, 0.15) is 21.3 Å². The summed E-state index contributed by atoms with van der Waals surface area (Å²) in [4.78, 5) is 19.0. The number of nitrogens with two attached hydrogens (primary N) is 1. The van der Waals surface area contributed by atoms with Crippen molar-refractivity contribution in [1.82, 2.24) is 4.98 Å². The molecule has 0 aliphatic heterocycles. The highest BCUT2D eigenvalue weighted by molar-refractivity contribution is 7.21. The van der Waals surface area contributed by atoms with E-state index in [1.165, 1.54) is 23.5 Å². The summed E-state index contributed by atoms with van der Waals surface area (Å²) in [6.45, 7) is 1.83. The molecule has 5 rings (SSSR count). The SMILES string of the molecule is COc1ccc(-c2cc(-c3ccc(F)cc3)c3c(N)c(C(=O)Nc4cccc(Cl)c4C)sc3n2)cc1. The Kier molecular flexibility index (Phi) is 6.35. The maximum atomic E-state index is 13.7. The number of nitrogens with zero attached hydrogens (tertiary/aromatic N) is 1. The van der Waals surface area contributed by atoms with Crippen LogP contribution in [-0.4, -0.2) is 18.0 Å². The van der Waals surface area contributed by atoms with Crippen LogP contribution < -0.4 is 15.8 Å². The van der Waals surface area contributed by atoms with Gasteiger partial charge >= 0.3 is 0 Å². The smallest absolute Gasteiger partial charge is 0.267 e. The van der Waals surface area contributed by atoms with E-state index in [4.69, 9.17) is 27.1 Å². The summed E-state index contributed by atoms with van der Waals surface area (Å²) >= 11 is 7.43. The largest absolute Gasteiger partial charge is 0.497 e. The van der Waals surface area contributed by atoms with Gasteiger partial charge in [-0.05, 0) is 78.2 Å². The van der Waals surface area contributed by atoms with E-state index >= 15 is 0 Å². The van der Waals surface area contributed by atoms with Crippen LogP contribution in [0.2, 0.25) is 5.02 Å². The number of methoxy groups -OCH3 is 1. The third-order valence-corrected chi connectivity index (χ3v) is 7.47. The number of thiophene rings is 1. The number of aromatic nitrogens is 1. The summed E-state index contributed by atoms with van der Waals surface area (Å²) in [5.41, 5.74) is 11.3. The van der Waals surface area contributed by atoms with Crippen molar-refractivity contribution in [2.24, 2.45) is 0 Å². The molecule has 0 aliphatic carbocycles. The number of rotatable bonds is 5. The number of nitrogen functional groups attached to an aromatic ring is 1. The number of ether oxygens (including phenoxy) is 1. The van der Waals surface area contributed by atoms with Crippen molar-refractivity contribution in [1.29, 1.82) is 0 Å². The van der Waals surface area contributed by atoms with Crippen LogP contribution >= 0.6 is 22.9 Å². The molecule has 0 unspecified atom stereocenters. The van der Waals surface area contributed by atoms with Crippen molar-refractivity contribution in [2.75, 3.05) is 18.2 Å². The number of fused-ring (bicyclic) bond motifs is 1. The highest BCUT2D eigenvalue weighted by atomic mass is 35.5. The van der Waals surface area contributed by atoms with Gasteiger partial charge in [0.2, 0.25) is 0 Å². The maximum absolute atomic E-state index is 13.7. The first-order valence-corrected chi connectivity index (χ1v) is 12.2. The normalized spacial score (nSPS) is 11.0. The summed E-state index contributed by atoms with van der Waals surface area (Å²) in [5.74, 6) is 0.0424. The van der Waals surface area contributed by atoms with Gasteiger partial charge < -0.3 is 15.8 Å². The molecule has 3 N–H and O–H groups in total. The van der Waals surface area contributed by atoms with E-state index in [2.05, 4.69) is 5.32 Å². The Morgan fingerprint density at radius 2 is 1.75 bits per heavy atom. The van der Waals surface area contributed by atoms with E-state index in [-0.39, 0.29) is 11.7 Å². The van der Waals surface area contributed by atoms with Gasteiger partial charge in [0.15, 0.2) is 0 Å². The lowest BCUT2D eigenvalue weighted by Crippen LogP contribution is -2.12. The molecule has 0 saturated heterocycles. The second-order valence-electron chi connectivity index (χ2n) is 8.18. The van der Waals surface area contributed by atoms with Crippen LogP contribution in [0.15, 0.2) is 72.8 Å². The molecule has 0 saturated carbocycles. The number of carbonyl (C=O) groups is 1. The van der Waals surface area contributed by atoms with E-state index in [1.54, 1.807) is 37.4 Å². The number of nitrogens with one attached hydrogen (secondary N) is 1. The first-order chi connectivity index (χ1) is 17.4. The van der Waals surface area contributed by atoms with Crippen molar-refractivity contribution < 1.29 is 13.9 Å². The summed E-state index contributed by atoms with van der Waals surface area (Å²) in [6, 6.07) is 20.9. The number of anilines is 2. The Morgan fingerprint density at radius 1 is 1.06 bits per heavy atom. The Balaban J connectivity index is 1.66. The molecule has 2 heterocycles. The van der Waals surface area contributed by atoms with E-state index in [9.17, 15) is 9.18 Å². The Hall–Kier alpha value is -3.94. The van der Waals surface area contributed by atoms with Gasteiger partial charge in [-0.25, -0.2) is 9.37 Å². The minimum absolute atomic E-state index is 0.320. The number of halogens is 2. The molecule has 0 bridgehead atoms. The minimum Gasteiger partial charge on any atom is -0.497 e. The third kappa shape index (κ3) is 4.39. The Bertz CT molecular complexity index is 1600. The molecule has 0 spiro atoms. The van der Waals surface area contributed by atoms with Crippen molar-refractivity contribution in [3.05, 3.63) is 94.1 Å². The van der Waals surface area contributed by atoms with Crippen LogP contribution in [0.1, 0.15) is 15.2 Å². The van der Waals surface area contributed by atoms with Gasteiger partial charge in [-0.2, -0.15) is 0 Å². The molecule has 0 radical (unpaired) electrons. The van der Waals surface area contributed by atoms with Crippen LogP contribution in [0.4, 0.5) is 15.8 Å². The van der Waals surface area contributed by atoms with Crippen molar-refractivity contribution >= 4 is 50.4 Å². The monoisotopic (exact) mass is 517 g/mol. The van der Waals surface area contributed by atoms with E-state index < -0.39 is 0 Å². The van der Waals surface area contributed by atoms with Gasteiger partial charge in [0.05, 0.1) is 18.5 Å². The molecule has 5 aromatic rings. The summed E-state index contributed by atoms with van der Waals surface area (Å²) < 4.78 is 18.9. The zero-order chi connectivity index (χ0) is 25.4. The molecule has 1 amide bonds. The second-order valence-corrected chi connectivity index (χ2v) is 9.59. The first kappa shape index (κ1) is 23.8. The van der Waals surface area contributed by atoms with Gasteiger partial charge in [0, 0.05) is 21.7 Å². The van der Waals surface area contributed by atoms with Crippen molar-refractivity contribution in [2.45, 2.75) is 6.92 Å². The van der Waals surface area contributed by atoms with Gasteiger partial charge in [-0.15, -0.1) is 11.3 Å². The number of hydrogen-bond acceptors (Lipinski definition) is 5. The lowest BCUT2D eigenvalue weighted by molar-refractivity contribution is 0.103. The molecule has 0 aliphatic rings. The Labute approximate surface area is 216 Å². The van der Waals surface area contributed by atoms with E-state index in [1.807, 2.05) is 37.3 Å². The van der Waals surface area contributed by atoms with Crippen LogP contribution in [0.3, 0.4) is 0 Å². The van der Waals surface area contributed by atoms with Crippen molar-refractivity contribution in [3.8, 4) is 28.1 Å². The summed E-state index contributed by atoms with van der Waals surface area (Å²) in [7, 11) is 1.61. The number of benzene rings is 3. The Morgan fingerprint density at radius 3 is 2.44 bits per heavy atom. The fourth-order valence-corrected chi connectivity index (χ4v) is 5.17. The molecule has 0 fully saturated rings. The average molecular weight is 518 g/mol. The quantitative estimate of drug-likeness (QED) is 0.252. The second kappa shape index (κ2) is 9.60. The van der Waals surface area contributed by atoms with E-state index in [0.29, 0.717) is 37.2 Å². The average Bonchev–Trinajstić information content (AvgIpc) is 3.23. The summed E-state index contributed by atoms with van der Waals surface area (Å²) in [6.07, 6.45) is 0. The van der Waals surface area contributed by atoms with Gasteiger partial charge in [-0.1, -0.05) is 29.8 Å². The molecule has 180 valence electrons. The van der Waals surface area contributed by atoms with Crippen LogP contribution in [0.25, 0.3) is 32.6 Å². The lowest BCUT2D eigenvalue weighted by Gasteiger charge is -2.10. The fourth-order valence-electron chi connectivity index (χ4n) is 3.98. The topological polar surface area (TPSA) is 77.2 Å². The molecule has 3 aromatic carbocycles. The third-order valence-electron chi connectivity index (χ3n) is 5.96. The maximum Gasteiger partial charge on any atom is 0.267 e. The molecule has 5 nitrogen and oxygen atoms in total. The number of hydrogen-bond donors (Lipinski definition) is 2. The molecular formula is C28H21ClFN3O2S.